The summed E-state index contributed by atoms with van der Waals surface area (Å²) in [6, 6.07) is 9.70. The van der Waals surface area contributed by atoms with E-state index in [1.807, 2.05) is 30.3 Å². The molecule has 2 aromatic rings. The van der Waals surface area contributed by atoms with Gasteiger partial charge in [0, 0.05) is 6.54 Å². The van der Waals surface area contributed by atoms with Gasteiger partial charge in [-0.05, 0) is 12.0 Å². The summed E-state index contributed by atoms with van der Waals surface area (Å²) in [4.78, 5) is 22.9. The number of hydrogen-bond donors (Lipinski definition) is 2. The lowest BCUT2D eigenvalue weighted by Gasteiger charge is -2.06. The summed E-state index contributed by atoms with van der Waals surface area (Å²) >= 11 is 0. The third-order valence-electron chi connectivity index (χ3n) is 2.40. The molecule has 98 valence electrons. The van der Waals surface area contributed by atoms with Crippen molar-refractivity contribution in [2.45, 2.75) is 6.42 Å². The van der Waals surface area contributed by atoms with Gasteiger partial charge in [0.2, 0.25) is 0 Å². The van der Waals surface area contributed by atoms with E-state index in [9.17, 15) is 9.59 Å². The fourth-order valence-electron chi connectivity index (χ4n) is 1.47. The Kier molecular flexibility index (Phi) is 4.22. The van der Waals surface area contributed by atoms with Gasteiger partial charge in [0.05, 0.1) is 0 Å². The monoisotopic (exact) mass is 259 g/mol. The standard InChI is InChI=1S/C12H13N5O2/c18-11(12(19)16-17-8-14-15-9-17)13-7-6-10-4-2-1-3-5-10/h1-5,8-9H,6-7H2,(H,13,18)(H,16,19). The van der Waals surface area contributed by atoms with Crippen LogP contribution in [-0.2, 0) is 16.0 Å². The largest absolute Gasteiger partial charge is 0.347 e. The third-order valence-corrected chi connectivity index (χ3v) is 2.40. The number of carbonyl (C=O) groups is 2. The van der Waals surface area contributed by atoms with Crippen LogP contribution in [0.1, 0.15) is 5.56 Å². The zero-order valence-electron chi connectivity index (χ0n) is 10.1. The minimum absolute atomic E-state index is 0.401. The molecule has 0 aliphatic heterocycles. The first kappa shape index (κ1) is 12.7. The van der Waals surface area contributed by atoms with Gasteiger partial charge in [0.15, 0.2) is 0 Å². The van der Waals surface area contributed by atoms with Crippen LogP contribution >= 0.6 is 0 Å². The molecular formula is C12H13N5O2. The van der Waals surface area contributed by atoms with Gasteiger partial charge in [0.1, 0.15) is 12.7 Å². The van der Waals surface area contributed by atoms with Crippen molar-refractivity contribution in [3.63, 3.8) is 0 Å². The zero-order chi connectivity index (χ0) is 13.5. The van der Waals surface area contributed by atoms with E-state index in [4.69, 9.17) is 0 Å². The molecule has 0 radical (unpaired) electrons. The Balaban J connectivity index is 1.74. The normalized spacial score (nSPS) is 9.89. The highest BCUT2D eigenvalue weighted by Gasteiger charge is 2.12. The Morgan fingerprint density at radius 2 is 1.74 bits per heavy atom. The average molecular weight is 259 g/mol. The smallest absolute Gasteiger partial charge is 0.328 e. The molecule has 0 aliphatic rings. The van der Waals surface area contributed by atoms with Gasteiger partial charge < -0.3 is 5.32 Å². The van der Waals surface area contributed by atoms with E-state index in [1.54, 1.807) is 0 Å². The van der Waals surface area contributed by atoms with E-state index < -0.39 is 11.8 Å². The first-order chi connectivity index (χ1) is 9.25. The number of aromatic nitrogens is 3. The second-order valence-electron chi connectivity index (χ2n) is 3.80. The van der Waals surface area contributed by atoms with Crippen molar-refractivity contribution >= 4 is 11.8 Å². The van der Waals surface area contributed by atoms with E-state index in [1.165, 1.54) is 17.3 Å². The number of hydrogen-bond acceptors (Lipinski definition) is 4. The summed E-state index contributed by atoms with van der Waals surface area (Å²) in [7, 11) is 0. The minimum Gasteiger partial charge on any atom is -0.347 e. The number of nitrogens with zero attached hydrogens (tertiary/aromatic N) is 3. The maximum Gasteiger partial charge on any atom is 0.328 e. The van der Waals surface area contributed by atoms with Gasteiger partial charge in [0.25, 0.3) is 0 Å². The van der Waals surface area contributed by atoms with Gasteiger partial charge in [-0.2, -0.15) is 0 Å². The number of nitrogens with one attached hydrogen (secondary N) is 2. The van der Waals surface area contributed by atoms with Crippen molar-refractivity contribution < 1.29 is 9.59 Å². The van der Waals surface area contributed by atoms with Crippen LogP contribution in [0.5, 0.6) is 0 Å². The second kappa shape index (κ2) is 6.29. The van der Waals surface area contributed by atoms with Gasteiger partial charge in [-0.25, -0.2) is 4.68 Å². The van der Waals surface area contributed by atoms with Crippen molar-refractivity contribution in [1.82, 2.24) is 20.2 Å². The molecule has 0 aliphatic carbocycles. The highest BCUT2D eigenvalue weighted by atomic mass is 16.2. The molecule has 0 unspecified atom stereocenters. The van der Waals surface area contributed by atoms with Crippen molar-refractivity contribution in [2.75, 3.05) is 12.0 Å². The van der Waals surface area contributed by atoms with Crippen LogP contribution in [0, 0.1) is 0 Å². The third kappa shape index (κ3) is 3.91. The van der Waals surface area contributed by atoms with E-state index in [0.29, 0.717) is 13.0 Å². The van der Waals surface area contributed by atoms with Crippen LogP contribution < -0.4 is 10.7 Å². The predicted molar refractivity (Wildman–Crippen MR) is 67.5 cm³/mol. The number of amides is 2. The van der Waals surface area contributed by atoms with Crippen LogP contribution in [0.3, 0.4) is 0 Å². The van der Waals surface area contributed by atoms with Crippen LogP contribution in [0.25, 0.3) is 0 Å². The highest BCUT2D eigenvalue weighted by Crippen LogP contribution is 1.97. The molecule has 0 atom stereocenters. The van der Waals surface area contributed by atoms with Gasteiger partial charge in [-0.1, -0.05) is 30.3 Å². The molecule has 0 spiro atoms. The lowest BCUT2D eigenvalue weighted by Crippen LogP contribution is -2.39. The summed E-state index contributed by atoms with van der Waals surface area (Å²) in [5.41, 5.74) is 3.41. The van der Waals surface area contributed by atoms with Crippen molar-refractivity contribution in [1.29, 1.82) is 0 Å². The first-order valence-electron chi connectivity index (χ1n) is 5.73. The fraction of sp³-hybridized carbons (Fsp3) is 0.167. The minimum atomic E-state index is -0.757. The maximum atomic E-state index is 11.5. The maximum absolute atomic E-state index is 11.5. The second-order valence-corrected chi connectivity index (χ2v) is 3.80. The molecular weight excluding hydrogens is 246 g/mol. The summed E-state index contributed by atoms with van der Waals surface area (Å²) in [5, 5.41) is 9.54. The van der Waals surface area contributed by atoms with Crippen LogP contribution in [-0.4, -0.2) is 33.2 Å². The molecule has 1 aromatic heterocycles. The van der Waals surface area contributed by atoms with Crippen LogP contribution in [0.4, 0.5) is 0 Å². The SMILES string of the molecule is O=C(NCCc1ccccc1)C(=O)Nn1cnnc1. The number of carbonyl (C=O) groups excluding carboxylic acids is 2. The zero-order valence-corrected chi connectivity index (χ0v) is 10.1. The molecule has 7 heteroatoms. The molecule has 0 saturated carbocycles. The summed E-state index contributed by atoms with van der Waals surface area (Å²) in [5.74, 6) is -1.45. The summed E-state index contributed by atoms with van der Waals surface area (Å²) in [6.45, 7) is 0.401. The summed E-state index contributed by atoms with van der Waals surface area (Å²) in [6.07, 6.45) is 3.25. The molecule has 2 amide bonds. The predicted octanol–water partition coefficient (Wildman–Crippen LogP) is -0.293. The number of rotatable bonds is 4. The quantitative estimate of drug-likeness (QED) is 0.738. The molecule has 0 fully saturated rings. The molecule has 2 rings (SSSR count). The Labute approximate surface area is 109 Å². The Morgan fingerprint density at radius 1 is 1.05 bits per heavy atom. The Bertz CT molecular complexity index is 539. The molecule has 1 heterocycles. The molecule has 1 aromatic carbocycles. The van der Waals surface area contributed by atoms with Crippen LogP contribution in [0.2, 0.25) is 0 Å². The first-order valence-corrected chi connectivity index (χ1v) is 5.73. The van der Waals surface area contributed by atoms with E-state index >= 15 is 0 Å². The van der Waals surface area contributed by atoms with Crippen molar-refractivity contribution in [3.05, 3.63) is 48.5 Å². The number of benzene rings is 1. The fourth-order valence-corrected chi connectivity index (χ4v) is 1.47. The van der Waals surface area contributed by atoms with E-state index in [0.717, 1.165) is 5.56 Å². The average Bonchev–Trinajstić information content (AvgIpc) is 2.92. The van der Waals surface area contributed by atoms with Gasteiger partial charge >= 0.3 is 11.8 Å². The lowest BCUT2D eigenvalue weighted by atomic mass is 10.1. The van der Waals surface area contributed by atoms with E-state index in [2.05, 4.69) is 20.9 Å². The highest BCUT2D eigenvalue weighted by molar-refractivity contribution is 6.38. The molecule has 2 N–H and O–H groups in total. The van der Waals surface area contributed by atoms with Crippen LogP contribution in [0.15, 0.2) is 43.0 Å². The van der Waals surface area contributed by atoms with Gasteiger partial charge in [-0.3, -0.25) is 15.0 Å². The molecule has 0 saturated heterocycles. The lowest BCUT2D eigenvalue weighted by molar-refractivity contribution is -0.136. The van der Waals surface area contributed by atoms with Crippen molar-refractivity contribution in [3.8, 4) is 0 Å². The molecule has 7 nitrogen and oxygen atoms in total. The van der Waals surface area contributed by atoms with E-state index in [-0.39, 0.29) is 0 Å². The Morgan fingerprint density at radius 3 is 2.42 bits per heavy atom. The molecule has 19 heavy (non-hydrogen) atoms. The summed E-state index contributed by atoms with van der Waals surface area (Å²) < 4.78 is 1.21. The Hall–Kier alpha value is -2.70. The van der Waals surface area contributed by atoms with Gasteiger partial charge in [-0.15, -0.1) is 10.2 Å². The van der Waals surface area contributed by atoms with Crippen molar-refractivity contribution in [2.24, 2.45) is 0 Å². The molecule has 0 bridgehead atoms. The topological polar surface area (TPSA) is 88.9 Å².